The summed E-state index contributed by atoms with van der Waals surface area (Å²) >= 11 is 0. The number of aryl methyl sites for hydroxylation is 1. The van der Waals surface area contributed by atoms with Crippen molar-refractivity contribution in [3.63, 3.8) is 0 Å². The summed E-state index contributed by atoms with van der Waals surface area (Å²) < 4.78 is 6.03. The summed E-state index contributed by atoms with van der Waals surface area (Å²) in [5.74, 6) is 0.562. The maximum atomic E-state index is 12.6. The molecule has 4 nitrogen and oxygen atoms in total. The van der Waals surface area contributed by atoms with Crippen molar-refractivity contribution in [2.24, 2.45) is 5.73 Å². The smallest absolute Gasteiger partial charge is 0.244 e. The Labute approximate surface area is 162 Å². The molecule has 0 aliphatic carbocycles. The minimum atomic E-state index is -1.09. The van der Waals surface area contributed by atoms with Gasteiger partial charge in [-0.05, 0) is 51.8 Å². The van der Waals surface area contributed by atoms with E-state index in [1.807, 2.05) is 76.2 Å². The quantitative estimate of drug-likeness (QED) is 0.826. The number of carbonyl (C=O) groups is 1. The van der Waals surface area contributed by atoms with Gasteiger partial charge in [-0.3, -0.25) is 4.79 Å². The molecule has 2 rings (SSSR count). The van der Waals surface area contributed by atoms with Crippen molar-refractivity contribution in [1.82, 2.24) is 5.32 Å². The highest BCUT2D eigenvalue weighted by Gasteiger charge is 2.30. The van der Waals surface area contributed by atoms with Crippen LogP contribution in [0.4, 0.5) is 0 Å². The molecule has 3 N–H and O–H groups in total. The first kappa shape index (κ1) is 22.0. The average Bonchev–Trinajstić information content (AvgIpc) is 2.53. The molecule has 2 aromatic rings. The maximum absolute atomic E-state index is 12.6. The average molecular weight is 377 g/mol. The number of benzene rings is 2. The Bertz CT molecular complexity index is 737. The lowest BCUT2D eigenvalue weighted by Gasteiger charge is -2.26. The van der Waals surface area contributed by atoms with Crippen LogP contribution < -0.4 is 15.8 Å². The normalized spacial score (nSPS) is 13.3. The number of hydrogen-bond donors (Lipinski definition) is 2. The van der Waals surface area contributed by atoms with Crippen LogP contribution in [0.5, 0.6) is 5.75 Å². The van der Waals surface area contributed by atoms with E-state index in [0.717, 1.165) is 22.4 Å². The van der Waals surface area contributed by atoms with Gasteiger partial charge in [-0.15, -0.1) is 12.4 Å². The van der Waals surface area contributed by atoms with Gasteiger partial charge in [-0.2, -0.15) is 0 Å². The van der Waals surface area contributed by atoms with Gasteiger partial charge in [0.05, 0.1) is 0 Å². The fourth-order valence-electron chi connectivity index (χ4n) is 2.51. The summed E-state index contributed by atoms with van der Waals surface area (Å²) in [5, 5.41) is 2.94. The van der Waals surface area contributed by atoms with E-state index in [-0.39, 0.29) is 23.9 Å². The molecule has 2 aromatic carbocycles. The molecule has 0 bridgehead atoms. The number of hydrogen-bond acceptors (Lipinski definition) is 3. The summed E-state index contributed by atoms with van der Waals surface area (Å²) in [6.45, 7) is 10.1. The molecule has 142 valence electrons. The largest absolute Gasteiger partial charge is 0.488 e. The third kappa shape index (κ3) is 5.75. The van der Waals surface area contributed by atoms with Gasteiger partial charge in [0.15, 0.2) is 0 Å². The molecule has 0 heterocycles. The van der Waals surface area contributed by atoms with Gasteiger partial charge >= 0.3 is 0 Å². The molecule has 26 heavy (non-hydrogen) atoms. The highest BCUT2D eigenvalue weighted by Crippen LogP contribution is 2.25. The van der Waals surface area contributed by atoms with Crippen molar-refractivity contribution >= 4 is 18.3 Å². The maximum Gasteiger partial charge on any atom is 0.244 e. The molecule has 0 aromatic heterocycles. The number of amides is 1. The molecule has 0 aliphatic rings. The Morgan fingerprint density at radius 3 is 2.27 bits per heavy atom. The van der Waals surface area contributed by atoms with Gasteiger partial charge in [0.2, 0.25) is 5.91 Å². The predicted octanol–water partition coefficient (Wildman–Crippen LogP) is 4.08. The molecule has 0 saturated heterocycles. The van der Waals surface area contributed by atoms with Crippen LogP contribution >= 0.6 is 12.4 Å². The Balaban J connectivity index is 0.00000338. The Morgan fingerprint density at radius 1 is 1.08 bits per heavy atom. The molecule has 5 heteroatoms. The van der Waals surface area contributed by atoms with E-state index in [1.54, 1.807) is 6.92 Å². The summed E-state index contributed by atoms with van der Waals surface area (Å²) in [6, 6.07) is 15.4. The number of carbonyl (C=O) groups excluding carboxylic acids is 1. The van der Waals surface area contributed by atoms with Gasteiger partial charge in [-0.1, -0.05) is 42.5 Å². The Morgan fingerprint density at radius 2 is 1.69 bits per heavy atom. The van der Waals surface area contributed by atoms with Gasteiger partial charge in [-0.25, -0.2) is 0 Å². The zero-order chi connectivity index (χ0) is 18.7. The number of halogens is 1. The summed E-state index contributed by atoms with van der Waals surface area (Å²) in [6.07, 6.45) is 0. The van der Waals surface area contributed by atoms with Crippen molar-refractivity contribution < 1.29 is 9.53 Å². The van der Waals surface area contributed by atoms with Crippen molar-refractivity contribution in [3.8, 4) is 5.75 Å². The van der Waals surface area contributed by atoms with Crippen LogP contribution in [-0.2, 0) is 16.9 Å². The van der Waals surface area contributed by atoms with Crippen LogP contribution in [0.3, 0.4) is 0 Å². The van der Waals surface area contributed by atoms with Gasteiger partial charge in [0.1, 0.15) is 16.9 Å². The molecule has 1 atom stereocenters. The number of ether oxygens (including phenoxy) is 1. The number of rotatable bonds is 5. The van der Waals surface area contributed by atoms with E-state index in [1.165, 1.54) is 0 Å². The molecule has 0 saturated carbocycles. The molecule has 1 amide bonds. The van der Waals surface area contributed by atoms with Crippen molar-refractivity contribution in [1.29, 1.82) is 0 Å². The summed E-state index contributed by atoms with van der Waals surface area (Å²) in [5.41, 5.74) is 7.70. The van der Waals surface area contributed by atoms with E-state index >= 15 is 0 Å². The second-order valence-corrected chi connectivity index (χ2v) is 7.58. The highest BCUT2D eigenvalue weighted by atomic mass is 35.5. The Kier molecular flexibility index (Phi) is 7.25. The number of nitrogens with one attached hydrogen (secondary N) is 1. The summed E-state index contributed by atoms with van der Waals surface area (Å²) in [4.78, 5) is 12.6. The molecule has 0 spiro atoms. The molecule has 0 radical (unpaired) electrons. The topological polar surface area (TPSA) is 64.4 Å². The van der Waals surface area contributed by atoms with Crippen LogP contribution in [0, 0.1) is 6.92 Å². The first-order valence-corrected chi connectivity index (χ1v) is 8.51. The molecule has 1 unspecified atom stereocenters. The Hall–Kier alpha value is -2.04. The highest BCUT2D eigenvalue weighted by molar-refractivity contribution is 5.87. The van der Waals surface area contributed by atoms with Crippen molar-refractivity contribution in [2.75, 3.05) is 0 Å². The second-order valence-electron chi connectivity index (χ2n) is 7.58. The standard InChI is InChI=1S/C21H28N2O2.ClH/c1-15-11-12-16(18(13-15)25-20(2,3)4)14-23-19(24)21(5,22)17-9-7-6-8-10-17;/h6-13H,14,22H2,1-5H3,(H,23,24);1H. The van der Waals surface area contributed by atoms with Crippen LogP contribution in [0.1, 0.15) is 44.4 Å². The summed E-state index contributed by atoms with van der Waals surface area (Å²) in [7, 11) is 0. The van der Waals surface area contributed by atoms with Gasteiger partial charge < -0.3 is 15.8 Å². The molecular formula is C21H29ClN2O2. The second kappa shape index (κ2) is 8.56. The van der Waals surface area contributed by atoms with E-state index in [4.69, 9.17) is 10.5 Å². The van der Waals surface area contributed by atoms with Gasteiger partial charge in [0, 0.05) is 12.1 Å². The predicted molar refractivity (Wildman–Crippen MR) is 109 cm³/mol. The third-order valence-corrected chi connectivity index (χ3v) is 3.92. The molecular weight excluding hydrogens is 348 g/mol. The third-order valence-electron chi connectivity index (χ3n) is 3.92. The molecule has 0 aliphatic heterocycles. The first-order valence-electron chi connectivity index (χ1n) is 8.51. The van der Waals surface area contributed by atoms with Crippen LogP contribution in [0.15, 0.2) is 48.5 Å². The minimum absolute atomic E-state index is 0. The minimum Gasteiger partial charge on any atom is -0.488 e. The lowest BCUT2D eigenvalue weighted by molar-refractivity contribution is -0.126. The first-order chi connectivity index (χ1) is 11.6. The molecule has 0 fully saturated rings. The zero-order valence-electron chi connectivity index (χ0n) is 16.1. The zero-order valence-corrected chi connectivity index (χ0v) is 16.9. The lowest BCUT2D eigenvalue weighted by atomic mass is 9.92. The van der Waals surface area contributed by atoms with Crippen LogP contribution in [0.25, 0.3) is 0 Å². The van der Waals surface area contributed by atoms with Gasteiger partial charge in [0.25, 0.3) is 0 Å². The fourth-order valence-corrected chi connectivity index (χ4v) is 2.51. The SMILES string of the molecule is Cc1ccc(CNC(=O)C(C)(N)c2ccccc2)c(OC(C)(C)C)c1.Cl. The van der Waals surface area contributed by atoms with Crippen LogP contribution in [0.2, 0.25) is 0 Å². The lowest BCUT2D eigenvalue weighted by Crippen LogP contribution is -2.48. The van der Waals surface area contributed by atoms with E-state index in [0.29, 0.717) is 6.54 Å². The van der Waals surface area contributed by atoms with Crippen molar-refractivity contribution in [2.45, 2.75) is 52.3 Å². The van der Waals surface area contributed by atoms with Crippen LogP contribution in [-0.4, -0.2) is 11.5 Å². The monoisotopic (exact) mass is 376 g/mol. The van der Waals surface area contributed by atoms with E-state index in [9.17, 15) is 4.79 Å². The van der Waals surface area contributed by atoms with E-state index in [2.05, 4.69) is 5.32 Å². The fraction of sp³-hybridized carbons (Fsp3) is 0.381. The number of nitrogens with two attached hydrogens (primary N) is 1. The van der Waals surface area contributed by atoms with E-state index < -0.39 is 5.54 Å². The van der Waals surface area contributed by atoms with Crippen molar-refractivity contribution in [3.05, 3.63) is 65.2 Å².